The average Bonchev–Trinajstić information content (AvgIpc) is 2.23. The van der Waals surface area contributed by atoms with Gasteiger partial charge in [0.15, 0.2) is 0 Å². The zero-order valence-electron chi connectivity index (χ0n) is 13.9. The lowest BCUT2D eigenvalue weighted by Crippen LogP contribution is -2.44. The summed E-state index contributed by atoms with van der Waals surface area (Å²) < 4.78 is 0. The molecule has 2 unspecified atom stereocenters. The van der Waals surface area contributed by atoms with Crippen LogP contribution in [0.1, 0.15) is 53.4 Å². The van der Waals surface area contributed by atoms with Crippen molar-refractivity contribution < 1.29 is 9.59 Å². The lowest BCUT2D eigenvalue weighted by molar-refractivity contribution is -0.131. The van der Waals surface area contributed by atoms with Crippen molar-refractivity contribution in [2.45, 2.75) is 53.4 Å². The molecule has 0 aromatic rings. The normalized spacial score (nSPS) is 28.8. The highest BCUT2D eigenvalue weighted by molar-refractivity contribution is 5.75. The Hall–Kier alpha value is -1.06. The first-order valence-electron chi connectivity index (χ1n) is 7.48. The number of amides is 2. The molecular formula is C16H30N2O2. The van der Waals surface area contributed by atoms with E-state index in [9.17, 15) is 9.59 Å². The fourth-order valence-corrected chi connectivity index (χ4v) is 3.90. The van der Waals surface area contributed by atoms with Gasteiger partial charge in [0.25, 0.3) is 0 Å². The summed E-state index contributed by atoms with van der Waals surface area (Å²) in [7, 11) is 3.62. The van der Waals surface area contributed by atoms with Crippen molar-refractivity contribution in [3.05, 3.63) is 0 Å². The first-order valence-corrected chi connectivity index (χ1v) is 7.48. The summed E-state index contributed by atoms with van der Waals surface area (Å²) >= 11 is 0. The number of nitrogens with one attached hydrogen (secondary N) is 1. The van der Waals surface area contributed by atoms with Crippen LogP contribution in [0.5, 0.6) is 0 Å². The van der Waals surface area contributed by atoms with Gasteiger partial charge in [0.05, 0.1) is 0 Å². The van der Waals surface area contributed by atoms with Crippen molar-refractivity contribution in [1.82, 2.24) is 10.2 Å². The highest BCUT2D eigenvalue weighted by atomic mass is 16.2. The molecule has 4 nitrogen and oxygen atoms in total. The van der Waals surface area contributed by atoms with Crippen LogP contribution in [0.15, 0.2) is 0 Å². The fourth-order valence-electron chi connectivity index (χ4n) is 3.90. The molecule has 1 aliphatic carbocycles. The summed E-state index contributed by atoms with van der Waals surface area (Å²) in [6.07, 6.45) is 3.80. The molecule has 0 aromatic heterocycles. The highest BCUT2D eigenvalue weighted by Crippen LogP contribution is 2.49. The number of nitrogens with zero attached hydrogens (tertiary/aromatic N) is 1. The number of rotatable bonds is 4. The number of hydrogen-bond acceptors (Lipinski definition) is 2. The third kappa shape index (κ3) is 5.14. The van der Waals surface area contributed by atoms with Crippen molar-refractivity contribution in [2.75, 3.05) is 20.6 Å². The second-order valence-electron chi connectivity index (χ2n) is 7.83. The molecule has 20 heavy (non-hydrogen) atoms. The van der Waals surface area contributed by atoms with E-state index in [1.807, 2.05) is 14.1 Å². The Morgan fingerprint density at radius 1 is 1.20 bits per heavy atom. The maximum absolute atomic E-state index is 12.0. The Bertz CT molecular complexity index is 377. The summed E-state index contributed by atoms with van der Waals surface area (Å²) in [5, 5.41) is 2.96. The van der Waals surface area contributed by atoms with Crippen LogP contribution >= 0.6 is 0 Å². The Morgan fingerprint density at radius 3 is 2.30 bits per heavy atom. The monoisotopic (exact) mass is 282 g/mol. The predicted molar refractivity (Wildman–Crippen MR) is 81.2 cm³/mol. The molecule has 0 bridgehead atoms. The Labute approximate surface area is 123 Å². The fraction of sp³-hybridized carbons (Fsp3) is 0.875. The van der Waals surface area contributed by atoms with E-state index >= 15 is 0 Å². The quantitative estimate of drug-likeness (QED) is 0.861. The van der Waals surface area contributed by atoms with Crippen LogP contribution in [-0.2, 0) is 9.59 Å². The molecular weight excluding hydrogens is 252 g/mol. The molecule has 4 heteroatoms. The van der Waals surface area contributed by atoms with Crippen molar-refractivity contribution in [1.29, 1.82) is 0 Å². The van der Waals surface area contributed by atoms with E-state index < -0.39 is 0 Å². The standard InChI is InChI=1S/C16H30N2O2/c1-12(19)17-11-16(4)9-13(7-14(20)18(5)6)8-15(2,3)10-16/h13H,7-11H2,1-6H3,(H,17,19). The summed E-state index contributed by atoms with van der Waals surface area (Å²) in [6.45, 7) is 9.04. The Balaban J connectivity index is 2.74. The van der Waals surface area contributed by atoms with Crippen LogP contribution < -0.4 is 5.32 Å². The van der Waals surface area contributed by atoms with Gasteiger partial charge in [-0.3, -0.25) is 9.59 Å². The second-order valence-corrected chi connectivity index (χ2v) is 7.83. The molecule has 1 aliphatic rings. The van der Waals surface area contributed by atoms with Crippen LogP contribution in [0.2, 0.25) is 0 Å². The van der Waals surface area contributed by atoms with Gasteiger partial charge in [0, 0.05) is 34.0 Å². The molecule has 116 valence electrons. The number of carbonyl (C=O) groups is 2. The van der Waals surface area contributed by atoms with Crippen molar-refractivity contribution in [2.24, 2.45) is 16.7 Å². The second kappa shape index (κ2) is 6.15. The molecule has 2 amide bonds. The van der Waals surface area contributed by atoms with E-state index in [2.05, 4.69) is 26.1 Å². The number of carbonyl (C=O) groups excluding carboxylic acids is 2. The van der Waals surface area contributed by atoms with E-state index in [4.69, 9.17) is 0 Å². The summed E-state index contributed by atoms with van der Waals surface area (Å²) in [5.74, 6) is 0.637. The third-order valence-electron chi connectivity index (χ3n) is 4.25. The van der Waals surface area contributed by atoms with Crippen LogP contribution in [0.25, 0.3) is 0 Å². The molecule has 0 aromatic carbocycles. The molecule has 0 aliphatic heterocycles. The summed E-state index contributed by atoms with van der Waals surface area (Å²) in [6, 6.07) is 0. The van der Waals surface area contributed by atoms with Crippen LogP contribution in [0.4, 0.5) is 0 Å². The zero-order valence-corrected chi connectivity index (χ0v) is 13.9. The number of hydrogen-bond donors (Lipinski definition) is 1. The van der Waals surface area contributed by atoms with Gasteiger partial charge in [-0.25, -0.2) is 0 Å². The predicted octanol–water partition coefficient (Wildman–Crippen LogP) is 2.43. The van der Waals surface area contributed by atoms with Crippen LogP contribution in [0, 0.1) is 16.7 Å². The smallest absolute Gasteiger partial charge is 0.222 e. The van der Waals surface area contributed by atoms with E-state index in [1.54, 1.807) is 11.8 Å². The van der Waals surface area contributed by atoms with Gasteiger partial charge in [-0.2, -0.15) is 0 Å². The molecule has 1 fully saturated rings. The maximum atomic E-state index is 12.0. The topological polar surface area (TPSA) is 49.4 Å². The van der Waals surface area contributed by atoms with Crippen LogP contribution in [0.3, 0.4) is 0 Å². The van der Waals surface area contributed by atoms with Gasteiger partial charge in [-0.05, 0) is 36.0 Å². The minimum absolute atomic E-state index is 0.0236. The lowest BCUT2D eigenvalue weighted by atomic mass is 9.60. The molecule has 2 atom stereocenters. The SMILES string of the molecule is CC(=O)NCC1(C)CC(CC(=O)N(C)C)CC(C)(C)C1. The van der Waals surface area contributed by atoms with Crippen molar-refractivity contribution >= 4 is 11.8 Å². The minimum Gasteiger partial charge on any atom is -0.356 e. The van der Waals surface area contributed by atoms with Gasteiger partial charge < -0.3 is 10.2 Å². The van der Waals surface area contributed by atoms with Gasteiger partial charge in [-0.1, -0.05) is 20.8 Å². The first-order chi connectivity index (χ1) is 9.03. The van der Waals surface area contributed by atoms with Gasteiger partial charge in [-0.15, -0.1) is 0 Å². The molecule has 0 radical (unpaired) electrons. The molecule has 1 saturated carbocycles. The molecule has 0 heterocycles. The van der Waals surface area contributed by atoms with E-state index in [-0.39, 0.29) is 22.6 Å². The van der Waals surface area contributed by atoms with Gasteiger partial charge >= 0.3 is 0 Å². The maximum Gasteiger partial charge on any atom is 0.222 e. The van der Waals surface area contributed by atoms with Crippen molar-refractivity contribution in [3.8, 4) is 0 Å². The third-order valence-corrected chi connectivity index (χ3v) is 4.25. The zero-order chi connectivity index (χ0) is 15.6. The lowest BCUT2D eigenvalue weighted by Gasteiger charge is -2.47. The molecule has 1 N–H and O–H groups in total. The highest BCUT2D eigenvalue weighted by Gasteiger charge is 2.41. The van der Waals surface area contributed by atoms with Crippen molar-refractivity contribution in [3.63, 3.8) is 0 Å². The Morgan fingerprint density at radius 2 is 1.80 bits per heavy atom. The largest absolute Gasteiger partial charge is 0.356 e. The molecule has 0 spiro atoms. The van der Waals surface area contributed by atoms with Gasteiger partial charge in [0.1, 0.15) is 0 Å². The van der Waals surface area contributed by atoms with Crippen LogP contribution in [-0.4, -0.2) is 37.4 Å². The Kier molecular flexibility index (Phi) is 5.22. The average molecular weight is 282 g/mol. The summed E-state index contributed by atoms with van der Waals surface area (Å²) in [5.41, 5.74) is 0.313. The molecule has 1 rings (SSSR count). The minimum atomic E-state index is 0.0236. The summed E-state index contributed by atoms with van der Waals surface area (Å²) in [4.78, 5) is 24.8. The van der Waals surface area contributed by atoms with E-state index in [1.165, 1.54) is 0 Å². The first kappa shape index (κ1) is 17.0. The molecule has 0 saturated heterocycles. The van der Waals surface area contributed by atoms with E-state index in [0.717, 1.165) is 19.3 Å². The van der Waals surface area contributed by atoms with Gasteiger partial charge in [0.2, 0.25) is 11.8 Å². The van der Waals surface area contributed by atoms with E-state index in [0.29, 0.717) is 18.9 Å².